The molecule has 0 saturated heterocycles. The first kappa shape index (κ1) is 20.6. The van der Waals surface area contributed by atoms with E-state index in [0.717, 1.165) is 28.1 Å². The van der Waals surface area contributed by atoms with Crippen LogP contribution < -0.4 is 14.8 Å². The highest BCUT2D eigenvalue weighted by molar-refractivity contribution is 7.91. The van der Waals surface area contributed by atoms with E-state index in [9.17, 15) is 8.42 Å². The van der Waals surface area contributed by atoms with E-state index in [1.807, 2.05) is 54.6 Å². The van der Waals surface area contributed by atoms with Gasteiger partial charge >= 0.3 is 0 Å². The van der Waals surface area contributed by atoms with Crippen LogP contribution in [-0.4, -0.2) is 21.3 Å². The van der Waals surface area contributed by atoms with Gasteiger partial charge in [-0.1, -0.05) is 35.9 Å². The standard InChI is InChI=1S/C23H22ClNO4S/c1-28-19-5-2-4-16(12-19)15-29-22-7-3-6-21(24)20(22)14-25-18-9-8-17-10-11-30(26,27)23(17)13-18/h2-9,12-13,25H,10-11,14-15H2,1H3. The number of hydrogen-bond donors (Lipinski definition) is 1. The van der Waals surface area contributed by atoms with Gasteiger partial charge in [0.1, 0.15) is 18.1 Å². The van der Waals surface area contributed by atoms with Crippen molar-refractivity contribution in [2.75, 3.05) is 18.2 Å². The number of fused-ring (bicyclic) bond motifs is 1. The molecular weight excluding hydrogens is 422 g/mol. The fourth-order valence-electron chi connectivity index (χ4n) is 3.47. The molecule has 0 aromatic heterocycles. The van der Waals surface area contributed by atoms with Crippen LogP contribution in [0, 0.1) is 0 Å². The average Bonchev–Trinajstić information content (AvgIpc) is 3.06. The summed E-state index contributed by atoms with van der Waals surface area (Å²) in [6.07, 6.45) is 0.574. The van der Waals surface area contributed by atoms with Crippen LogP contribution in [0.25, 0.3) is 0 Å². The first-order valence-electron chi connectivity index (χ1n) is 9.59. The topological polar surface area (TPSA) is 64.6 Å². The molecule has 0 atom stereocenters. The third-order valence-electron chi connectivity index (χ3n) is 5.12. The SMILES string of the molecule is COc1cccc(COc2cccc(Cl)c2CNc2ccc3c(c2)S(=O)(=O)CC3)c1. The Morgan fingerprint density at radius 1 is 1.07 bits per heavy atom. The van der Waals surface area contributed by atoms with Crippen LogP contribution in [0.4, 0.5) is 5.69 Å². The van der Waals surface area contributed by atoms with Gasteiger partial charge in [0, 0.05) is 22.8 Å². The van der Waals surface area contributed by atoms with Gasteiger partial charge in [0.05, 0.1) is 17.8 Å². The summed E-state index contributed by atoms with van der Waals surface area (Å²) in [5.74, 6) is 1.63. The summed E-state index contributed by atoms with van der Waals surface area (Å²) < 4.78 is 35.6. The molecule has 0 spiro atoms. The lowest BCUT2D eigenvalue weighted by molar-refractivity contribution is 0.302. The van der Waals surface area contributed by atoms with Gasteiger partial charge < -0.3 is 14.8 Å². The van der Waals surface area contributed by atoms with Crippen LogP contribution in [0.15, 0.2) is 65.6 Å². The Hall–Kier alpha value is -2.70. The molecule has 0 fully saturated rings. The predicted molar refractivity (Wildman–Crippen MR) is 118 cm³/mol. The number of rotatable bonds is 7. The van der Waals surface area contributed by atoms with E-state index >= 15 is 0 Å². The smallest absolute Gasteiger partial charge is 0.179 e. The van der Waals surface area contributed by atoms with E-state index in [0.29, 0.717) is 35.2 Å². The monoisotopic (exact) mass is 443 g/mol. The predicted octanol–water partition coefficient (Wildman–Crippen LogP) is 4.87. The lowest BCUT2D eigenvalue weighted by Gasteiger charge is -2.15. The molecule has 0 bridgehead atoms. The zero-order chi connectivity index (χ0) is 21.1. The summed E-state index contributed by atoms with van der Waals surface area (Å²) in [6, 6.07) is 18.7. The Balaban J connectivity index is 1.50. The Kier molecular flexibility index (Phi) is 5.88. The van der Waals surface area contributed by atoms with E-state index in [4.69, 9.17) is 21.1 Å². The quantitative estimate of drug-likeness (QED) is 0.564. The molecule has 1 N–H and O–H groups in total. The van der Waals surface area contributed by atoms with Crippen LogP contribution in [0.5, 0.6) is 11.5 Å². The molecule has 0 saturated carbocycles. The van der Waals surface area contributed by atoms with Crippen molar-refractivity contribution < 1.29 is 17.9 Å². The number of hydrogen-bond acceptors (Lipinski definition) is 5. The zero-order valence-electron chi connectivity index (χ0n) is 16.5. The number of nitrogens with one attached hydrogen (secondary N) is 1. The van der Waals surface area contributed by atoms with Crippen LogP contribution in [-0.2, 0) is 29.4 Å². The van der Waals surface area contributed by atoms with Gasteiger partial charge in [0.25, 0.3) is 0 Å². The minimum absolute atomic E-state index is 0.179. The highest BCUT2D eigenvalue weighted by Crippen LogP contribution is 2.31. The van der Waals surface area contributed by atoms with Crippen molar-refractivity contribution in [2.24, 2.45) is 0 Å². The fourth-order valence-corrected chi connectivity index (χ4v) is 5.29. The zero-order valence-corrected chi connectivity index (χ0v) is 18.1. The first-order chi connectivity index (χ1) is 14.5. The van der Waals surface area contributed by atoms with Crippen molar-refractivity contribution in [3.8, 4) is 11.5 Å². The second-order valence-electron chi connectivity index (χ2n) is 7.10. The molecule has 1 heterocycles. The highest BCUT2D eigenvalue weighted by atomic mass is 35.5. The van der Waals surface area contributed by atoms with E-state index < -0.39 is 9.84 Å². The second-order valence-corrected chi connectivity index (χ2v) is 9.59. The third-order valence-corrected chi connectivity index (χ3v) is 7.26. The summed E-state index contributed by atoms with van der Waals surface area (Å²) in [6.45, 7) is 0.785. The van der Waals surface area contributed by atoms with Crippen molar-refractivity contribution in [1.82, 2.24) is 0 Å². The fraction of sp³-hybridized carbons (Fsp3) is 0.217. The van der Waals surface area contributed by atoms with Gasteiger partial charge in [-0.2, -0.15) is 0 Å². The van der Waals surface area contributed by atoms with Crippen molar-refractivity contribution in [3.63, 3.8) is 0 Å². The number of ether oxygens (including phenoxy) is 2. The van der Waals surface area contributed by atoms with Gasteiger partial charge in [0.2, 0.25) is 0 Å². The summed E-state index contributed by atoms with van der Waals surface area (Å²) in [4.78, 5) is 0.418. The normalized spacial score (nSPS) is 14.2. The van der Waals surface area contributed by atoms with Crippen LogP contribution >= 0.6 is 11.6 Å². The lowest BCUT2D eigenvalue weighted by atomic mass is 10.1. The number of aryl methyl sites for hydroxylation is 1. The highest BCUT2D eigenvalue weighted by Gasteiger charge is 2.26. The van der Waals surface area contributed by atoms with Crippen LogP contribution in [0.3, 0.4) is 0 Å². The Labute approximate surface area is 181 Å². The number of anilines is 1. The van der Waals surface area contributed by atoms with Gasteiger partial charge in [-0.25, -0.2) is 8.42 Å². The van der Waals surface area contributed by atoms with Crippen molar-refractivity contribution >= 4 is 27.1 Å². The molecule has 3 aromatic carbocycles. The molecule has 30 heavy (non-hydrogen) atoms. The summed E-state index contributed by atoms with van der Waals surface area (Å²) in [5, 5.41) is 3.86. The molecule has 0 aliphatic carbocycles. The Morgan fingerprint density at radius 3 is 2.73 bits per heavy atom. The lowest BCUT2D eigenvalue weighted by Crippen LogP contribution is -2.05. The number of halogens is 1. The maximum Gasteiger partial charge on any atom is 0.179 e. The molecule has 4 rings (SSSR count). The maximum atomic E-state index is 12.2. The van der Waals surface area contributed by atoms with Crippen LogP contribution in [0.1, 0.15) is 16.7 Å². The molecule has 0 radical (unpaired) electrons. The van der Waals surface area contributed by atoms with Gasteiger partial charge in [-0.15, -0.1) is 0 Å². The van der Waals surface area contributed by atoms with E-state index in [1.54, 1.807) is 13.2 Å². The molecular formula is C23H22ClNO4S. The van der Waals surface area contributed by atoms with Gasteiger partial charge in [-0.05, 0) is 53.9 Å². The molecule has 1 aliphatic rings. The average molecular weight is 444 g/mol. The Morgan fingerprint density at radius 2 is 1.90 bits per heavy atom. The molecule has 1 aliphatic heterocycles. The second kappa shape index (κ2) is 8.58. The van der Waals surface area contributed by atoms with Crippen molar-refractivity contribution in [3.05, 3.63) is 82.4 Å². The van der Waals surface area contributed by atoms with Gasteiger partial charge in [0.15, 0.2) is 9.84 Å². The van der Waals surface area contributed by atoms with Crippen molar-refractivity contribution in [1.29, 1.82) is 0 Å². The molecule has 3 aromatic rings. The van der Waals surface area contributed by atoms with Crippen LogP contribution in [0.2, 0.25) is 5.02 Å². The Bertz CT molecular complexity index is 1180. The maximum absolute atomic E-state index is 12.2. The largest absolute Gasteiger partial charge is 0.497 e. The third kappa shape index (κ3) is 4.40. The van der Waals surface area contributed by atoms with Crippen molar-refractivity contribution in [2.45, 2.75) is 24.5 Å². The molecule has 7 heteroatoms. The van der Waals surface area contributed by atoms with Gasteiger partial charge in [-0.3, -0.25) is 0 Å². The number of methoxy groups -OCH3 is 1. The molecule has 0 unspecified atom stereocenters. The summed E-state index contributed by atoms with van der Waals surface area (Å²) >= 11 is 6.43. The first-order valence-corrected chi connectivity index (χ1v) is 11.6. The van der Waals surface area contributed by atoms with E-state index in [2.05, 4.69) is 5.32 Å². The van der Waals surface area contributed by atoms with E-state index in [-0.39, 0.29) is 5.75 Å². The number of sulfone groups is 1. The molecule has 156 valence electrons. The minimum Gasteiger partial charge on any atom is -0.497 e. The molecule has 5 nitrogen and oxygen atoms in total. The van der Waals surface area contributed by atoms with E-state index in [1.165, 1.54) is 0 Å². The summed E-state index contributed by atoms with van der Waals surface area (Å²) in [5.41, 5.74) is 3.40. The minimum atomic E-state index is -3.17. The number of benzene rings is 3. The molecule has 0 amide bonds. The summed E-state index contributed by atoms with van der Waals surface area (Å²) in [7, 11) is -1.54.